The first kappa shape index (κ1) is 9.34. The number of nitrogens with zero attached hydrogens (tertiary/aromatic N) is 3. The van der Waals surface area contributed by atoms with Crippen LogP contribution < -0.4 is 4.90 Å². The number of carbonyl (C=O) groups excluding carboxylic acids is 2. The lowest BCUT2D eigenvalue weighted by Gasteiger charge is -2.21. The Labute approximate surface area is 86.2 Å². The molecular formula is C10H7N3O2. The molecule has 2 rings (SSSR count). The van der Waals surface area contributed by atoms with E-state index in [9.17, 15) is 9.59 Å². The van der Waals surface area contributed by atoms with Gasteiger partial charge in [-0.15, -0.1) is 4.98 Å². The van der Waals surface area contributed by atoms with E-state index in [1.54, 1.807) is 13.1 Å². The molecule has 15 heavy (non-hydrogen) atoms. The van der Waals surface area contributed by atoms with E-state index >= 15 is 0 Å². The minimum atomic E-state index is -0.321. The summed E-state index contributed by atoms with van der Waals surface area (Å²) < 4.78 is 0. The van der Waals surface area contributed by atoms with Crippen molar-refractivity contribution in [3.8, 4) is 0 Å². The Morgan fingerprint density at radius 1 is 1.47 bits per heavy atom. The topological polar surface area (TPSA) is 54.6 Å². The summed E-state index contributed by atoms with van der Waals surface area (Å²) in [6.07, 6.45) is -0.169. The SMILES string of the molecule is [C-]#[N+]c1ccc2c(n1)C(=O)CC(=O)N2C. The molecule has 0 radical (unpaired) electrons. The molecule has 1 aromatic heterocycles. The fraction of sp³-hybridized carbons (Fsp3) is 0.200. The van der Waals surface area contributed by atoms with Gasteiger partial charge in [0.25, 0.3) is 5.82 Å². The summed E-state index contributed by atoms with van der Waals surface area (Å²) in [6, 6.07) is 3.07. The van der Waals surface area contributed by atoms with Gasteiger partial charge in [-0.25, -0.2) is 0 Å². The Bertz CT molecular complexity index is 502. The quantitative estimate of drug-likeness (QED) is 0.468. The molecule has 1 aromatic rings. The summed E-state index contributed by atoms with van der Waals surface area (Å²) >= 11 is 0. The second-order valence-corrected chi connectivity index (χ2v) is 3.20. The van der Waals surface area contributed by atoms with Gasteiger partial charge in [-0.05, 0) is 12.1 Å². The molecule has 0 unspecified atom stereocenters. The van der Waals surface area contributed by atoms with E-state index in [-0.39, 0.29) is 29.6 Å². The van der Waals surface area contributed by atoms with Crippen LogP contribution in [0.1, 0.15) is 16.9 Å². The molecule has 0 saturated heterocycles. The molecule has 0 aliphatic carbocycles. The molecular weight excluding hydrogens is 194 g/mol. The highest BCUT2D eigenvalue weighted by molar-refractivity contribution is 6.18. The number of carbonyl (C=O) groups is 2. The molecule has 0 bridgehead atoms. The van der Waals surface area contributed by atoms with Gasteiger partial charge >= 0.3 is 0 Å². The molecule has 2 heterocycles. The maximum atomic E-state index is 11.5. The lowest BCUT2D eigenvalue weighted by atomic mass is 10.1. The van der Waals surface area contributed by atoms with Gasteiger partial charge in [-0.2, -0.15) is 0 Å². The number of Topliss-reactive ketones (excluding diaryl/α,β-unsaturated/α-hetero) is 1. The van der Waals surface area contributed by atoms with Crippen molar-refractivity contribution in [3.05, 3.63) is 29.2 Å². The molecule has 0 fully saturated rings. The van der Waals surface area contributed by atoms with Crippen molar-refractivity contribution in [3.63, 3.8) is 0 Å². The summed E-state index contributed by atoms with van der Waals surface area (Å²) in [5.41, 5.74) is 0.689. The predicted molar refractivity (Wildman–Crippen MR) is 52.9 cm³/mol. The van der Waals surface area contributed by atoms with Gasteiger partial charge in [0.1, 0.15) is 0 Å². The van der Waals surface area contributed by atoms with E-state index in [0.717, 1.165) is 0 Å². The molecule has 5 heteroatoms. The second kappa shape index (κ2) is 3.17. The van der Waals surface area contributed by atoms with Crippen molar-refractivity contribution >= 4 is 23.2 Å². The third-order valence-corrected chi connectivity index (χ3v) is 2.29. The van der Waals surface area contributed by atoms with Crippen LogP contribution in [0.3, 0.4) is 0 Å². The lowest BCUT2D eigenvalue weighted by Crippen LogP contribution is -2.34. The molecule has 1 aliphatic heterocycles. The summed E-state index contributed by atoms with van der Waals surface area (Å²) in [5.74, 6) is -0.395. The lowest BCUT2D eigenvalue weighted by molar-refractivity contribution is -0.117. The van der Waals surface area contributed by atoms with Crippen LogP contribution in [0, 0.1) is 6.57 Å². The fourth-order valence-corrected chi connectivity index (χ4v) is 1.45. The Kier molecular flexibility index (Phi) is 1.97. The van der Waals surface area contributed by atoms with Gasteiger partial charge < -0.3 is 9.74 Å². The monoisotopic (exact) mass is 201 g/mol. The molecule has 0 aromatic carbocycles. The molecule has 1 aliphatic rings. The van der Waals surface area contributed by atoms with Crippen molar-refractivity contribution in [2.24, 2.45) is 0 Å². The number of pyridine rings is 1. The number of fused-ring (bicyclic) bond motifs is 1. The van der Waals surface area contributed by atoms with E-state index in [1.807, 2.05) is 0 Å². The third kappa shape index (κ3) is 1.36. The Morgan fingerprint density at radius 3 is 2.87 bits per heavy atom. The fourth-order valence-electron chi connectivity index (χ4n) is 1.45. The normalized spacial score (nSPS) is 14.8. The first-order valence-electron chi connectivity index (χ1n) is 4.31. The Hall–Kier alpha value is -2.22. The number of hydrogen-bond acceptors (Lipinski definition) is 3. The third-order valence-electron chi connectivity index (χ3n) is 2.29. The van der Waals surface area contributed by atoms with Crippen molar-refractivity contribution < 1.29 is 9.59 Å². The molecule has 0 N–H and O–H groups in total. The maximum absolute atomic E-state index is 11.5. The summed E-state index contributed by atoms with van der Waals surface area (Å²) in [6.45, 7) is 6.79. The molecule has 74 valence electrons. The summed E-state index contributed by atoms with van der Waals surface area (Å²) in [4.78, 5) is 31.3. The zero-order valence-corrected chi connectivity index (χ0v) is 8.02. The van der Waals surface area contributed by atoms with Gasteiger partial charge in [0.05, 0.1) is 12.1 Å². The van der Waals surface area contributed by atoms with Gasteiger partial charge in [0, 0.05) is 7.05 Å². The van der Waals surface area contributed by atoms with Crippen molar-refractivity contribution in [1.82, 2.24) is 4.98 Å². The van der Waals surface area contributed by atoms with Crippen LogP contribution in [0.25, 0.3) is 4.85 Å². The van der Waals surface area contributed by atoms with Crippen molar-refractivity contribution in [1.29, 1.82) is 0 Å². The smallest absolute Gasteiger partial charge is 0.270 e. The first-order chi connectivity index (χ1) is 7.13. The van der Waals surface area contributed by atoms with E-state index in [4.69, 9.17) is 6.57 Å². The molecule has 5 nitrogen and oxygen atoms in total. The first-order valence-corrected chi connectivity index (χ1v) is 4.31. The average molecular weight is 201 g/mol. The Morgan fingerprint density at radius 2 is 2.20 bits per heavy atom. The van der Waals surface area contributed by atoms with Crippen molar-refractivity contribution in [2.75, 3.05) is 11.9 Å². The number of aromatic nitrogens is 1. The minimum Gasteiger partial charge on any atom is -0.361 e. The van der Waals surface area contributed by atoms with Gasteiger partial charge in [0.15, 0.2) is 0 Å². The number of rotatable bonds is 0. The van der Waals surface area contributed by atoms with Crippen LogP contribution in [0.5, 0.6) is 0 Å². The number of amides is 1. The largest absolute Gasteiger partial charge is 0.361 e. The minimum absolute atomic E-state index is 0.169. The highest BCUT2D eigenvalue weighted by Gasteiger charge is 2.31. The van der Waals surface area contributed by atoms with Crippen molar-refractivity contribution in [2.45, 2.75) is 6.42 Å². The molecule has 0 saturated carbocycles. The van der Waals surface area contributed by atoms with Crippen LogP contribution in [-0.2, 0) is 4.79 Å². The van der Waals surface area contributed by atoms with E-state index in [2.05, 4.69) is 9.83 Å². The maximum Gasteiger partial charge on any atom is 0.270 e. The predicted octanol–water partition coefficient (Wildman–Crippen LogP) is 1.18. The summed E-state index contributed by atoms with van der Waals surface area (Å²) in [5, 5.41) is 0. The number of anilines is 1. The van der Waals surface area contributed by atoms with Crippen LogP contribution in [0.15, 0.2) is 12.1 Å². The van der Waals surface area contributed by atoms with E-state index < -0.39 is 0 Å². The van der Waals surface area contributed by atoms with Gasteiger partial charge in [-0.1, -0.05) is 6.57 Å². The average Bonchev–Trinajstić information content (AvgIpc) is 2.25. The molecule has 0 spiro atoms. The van der Waals surface area contributed by atoms with Crippen LogP contribution in [-0.4, -0.2) is 23.7 Å². The summed E-state index contributed by atoms with van der Waals surface area (Å²) in [7, 11) is 1.59. The van der Waals surface area contributed by atoms with Crippen LogP contribution in [0.2, 0.25) is 0 Å². The Balaban J connectivity index is 2.62. The second-order valence-electron chi connectivity index (χ2n) is 3.20. The van der Waals surface area contributed by atoms with Gasteiger partial charge in [0.2, 0.25) is 17.4 Å². The van der Waals surface area contributed by atoms with Crippen LogP contribution >= 0.6 is 0 Å². The zero-order valence-electron chi connectivity index (χ0n) is 8.02. The molecule has 0 atom stereocenters. The number of hydrogen-bond donors (Lipinski definition) is 0. The number of ketones is 1. The van der Waals surface area contributed by atoms with Crippen LogP contribution in [0.4, 0.5) is 11.5 Å². The standard InChI is InChI=1S/C10H7N3O2/c1-11-8-4-3-6-10(12-8)7(14)5-9(15)13(6)2/h3-4H,5H2,2H3. The zero-order chi connectivity index (χ0) is 11.0. The van der Waals surface area contributed by atoms with E-state index in [0.29, 0.717) is 5.69 Å². The highest BCUT2D eigenvalue weighted by Crippen LogP contribution is 2.27. The highest BCUT2D eigenvalue weighted by atomic mass is 16.2. The molecule has 1 amide bonds. The van der Waals surface area contributed by atoms with E-state index in [1.165, 1.54) is 11.0 Å². The van der Waals surface area contributed by atoms with Gasteiger partial charge in [-0.3, -0.25) is 9.59 Å².